The Kier molecular flexibility index (Phi) is 3.05. The zero-order valence-electron chi connectivity index (χ0n) is 11.0. The van der Waals surface area contributed by atoms with Crippen LogP contribution in [0, 0.1) is 0 Å². The monoisotopic (exact) mass is 255 g/mol. The third kappa shape index (κ3) is 2.24. The highest BCUT2D eigenvalue weighted by Crippen LogP contribution is 2.18. The average Bonchev–Trinajstić information content (AvgIpc) is 2.98. The molecule has 0 atom stereocenters. The Labute approximate surface area is 111 Å². The fourth-order valence-corrected chi connectivity index (χ4v) is 2.31. The quantitative estimate of drug-likeness (QED) is 0.764. The van der Waals surface area contributed by atoms with Gasteiger partial charge < -0.3 is 10.3 Å². The van der Waals surface area contributed by atoms with Crippen molar-refractivity contribution in [1.29, 1.82) is 0 Å². The van der Waals surface area contributed by atoms with Crippen molar-refractivity contribution < 1.29 is 0 Å². The minimum absolute atomic E-state index is 0.676. The number of hydrogen-bond donors (Lipinski definition) is 1. The van der Waals surface area contributed by atoms with Crippen molar-refractivity contribution in [3.05, 3.63) is 48.2 Å². The highest BCUT2D eigenvalue weighted by atomic mass is 15.3. The molecule has 0 saturated carbocycles. The predicted molar refractivity (Wildman–Crippen MR) is 74.8 cm³/mol. The van der Waals surface area contributed by atoms with Gasteiger partial charge in [0.05, 0.1) is 6.54 Å². The molecule has 0 fully saturated rings. The summed E-state index contributed by atoms with van der Waals surface area (Å²) < 4.78 is 3.99. The van der Waals surface area contributed by atoms with Crippen molar-refractivity contribution in [3.8, 4) is 0 Å². The molecule has 19 heavy (non-hydrogen) atoms. The molecule has 0 saturated heterocycles. The smallest absolute Gasteiger partial charge is 0.146 e. The van der Waals surface area contributed by atoms with E-state index in [1.165, 1.54) is 16.5 Å². The van der Waals surface area contributed by atoms with Crippen LogP contribution in [0.1, 0.15) is 11.4 Å². The third-order valence-electron chi connectivity index (χ3n) is 3.39. The summed E-state index contributed by atoms with van der Waals surface area (Å²) in [6.07, 6.45) is 4.58. The van der Waals surface area contributed by atoms with Crippen LogP contribution in [0.2, 0.25) is 0 Å². The van der Waals surface area contributed by atoms with Gasteiger partial charge in [0.15, 0.2) is 0 Å². The Balaban J connectivity index is 1.99. The minimum atomic E-state index is 0.676. The number of aryl methyl sites for hydroxylation is 1. The van der Waals surface area contributed by atoms with Crippen LogP contribution in [-0.4, -0.2) is 25.9 Å². The molecule has 0 spiro atoms. The molecule has 1 aromatic carbocycles. The standard InChI is InChI=1S/C14H17N5/c1-18-14(16-10-17-18)9-19-7-5-12-3-2-11(4-6-15)8-13(12)19/h2-3,5,7-8,10H,4,6,9,15H2,1H3. The summed E-state index contributed by atoms with van der Waals surface area (Å²) in [4.78, 5) is 4.27. The zero-order chi connectivity index (χ0) is 13.2. The molecule has 0 aliphatic carbocycles. The van der Waals surface area contributed by atoms with Crippen LogP contribution in [-0.2, 0) is 20.0 Å². The first-order chi connectivity index (χ1) is 9.28. The summed E-state index contributed by atoms with van der Waals surface area (Å²) in [5.74, 6) is 0.946. The Morgan fingerprint density at radius 1 is 1.26 bits per heavy atom. The number of nitrogens with zero attached hydrogens (tertiary/aromatic N) is 4. The second-order valence-corrected chi connectivity index (χ2v) is 4.68. The molecule has 0 radical (unpaired) electrons. The zero-order valence-corrected chi connectivity index (χ0v) is 11.0. The molecule has 3 aromatic rings. The maximum absolute atomic E-state index is 5.62. The van der Waals surface area contributed by atoms with Crippen molar-refractivity contribution in [2.45, 2.75) is 13.0 Å². The molecule has 5 nitrogen and oxygen atoms in total. The first kappa shape index (κ1) is 11.9. The fraction of sp³-hybridized carbons (Fsp3) is 0.286. The van der Waals surface area contributed by atoms with Crippen molar-refractivity contribution in [2.75, 3.05) is 6.54 Å². The molecule has 0 bridgehead atoms. The molecule has 0 aliphatic rings. The second kappa shape index (κ2) is 4.85. The summed E-state index contributed by atoms with van der Waals surface area (Å²) in [5, 5.41) is 5.34. The molecule has 5 heteroatoms. The number of rotatable bonds is 4. The summed E-state index contributed by atoms with van der Waals surface area (Å²) in [5.41, 5.74) is 8.11. The lowest BCUT2D eigenvalue weighted by molar-refractivity contribution is 0.664. The van der Waals surface area contributed by atoms with Crippen molar-refractivity contribution in [1.82, 2.24) is 19.3 Å². The van der Waals surface area contributed by atoms with Gasteiger partial charge in [-0.15, -0.1) is 0 Å². The maximum Gasteiger partial charge on any atom is 0.146 e. The van der Waals surface area contributed by atoms with Gasteiger partial charge in [-0.05, 0) is 36.0 Å². The second-order valence-electron chi connectivity index (χ2n) is 4.68. The van der Waals surface area contributed by atoms with Crippen molar-refractivity contribution in [3.63, 3.8) is 0 Å². The minimum Gasteiger partial charge on any atom is -0.340 e. The number of nitrogens with two attached hydrogens (primary N) is 1. The molecule has 2 heterocycles. The Morgan fingerprint density at radius 2 is 2.16 bits per heavy atom. The lowest BCUT2D eigenvalue weighted by Gasteiger charge is -2.06. The van der Waals surface area contributed by atoms with E-state index in [1.54, 1.807) is 11.0 Å². The van der Waals surface area contributed by atoms with Gasteiger partial charge in [0.1, 0.15) is 12.2 Å². The molecule has 0 unspecified atom stereocenters. The molecule has 98 valence electrons. The van der Waals surface area contributed by atoms with Crippen LogP contribution in [0.25, 0.3) is 10.9 Å². The van der Waals surface area contributed by atoms with E-state index in [4.69, 9.17) is 5.73 Å². The van der Waals surface area contributed by atoms with Crippen LogP contribution < -0.4 is 5.73 Å². The highest BCUT2D eigenvalue weighted by Gasteiger charge is 2.06. The molecule has 0 amide bonds. The molecule has 2 aromatic heterocycles. The van der Waals surface area contributed by atoms with Crippen LogP contribution in [0.3, 0.4) is 0 Å². The molecule has 3 rings (SSSR count). The molecular weight excluding hydrogens is 238 g/mol. The number of hydrogen-bond acceptors (Lipinski definition) is 3. The van der Waals surface area contributed by atoms with E-state index in [9.17, 15) is 0 Å². The van der Waals surface area contributed by atoms with E-state index < -0.39 is 0 Å². The van der Waals surface area contributed by atoms with Gasteiger partial charge in [-0.3, -0.25) is 4.68 Å². The van der Waals surface area contributed by atoms with Gasteiger partial charge in [0, 0.05) is 18.8 Å². The summed E-state index contributed by atoms with van der Waals surface area (Å²) >= 11 is 0. The summed E-state index contributed by atoms with van der Waals surface area (Å²) in [6, 6.07) is 8.62. The maximum atomic E-state index is 5.62. The van der Waals surface area contributed by atoms with Gasteiger partial charge in [0.25, 0.3) is 0 Å². The van der Waals surface area contributed by atoms with E-state index in [-0.39, 0.29) is 0 Å². The highest BCUT2D eigenvalue weighted by molar-refractivity contribution is 5.80. The van der Waals surface area contributed by atoms with E-state index in [1.807, 2.05) is 7.05 Å². The SMILES string of the molecule is Cn1ncnc1Cn1ccc2ccc(CCN)cc21. The number of fused-ring (bicyclic) bond motifs is 1. The van der Waals surface area contributed by atoms with Crippen molar-refractivity contribution >= 4 is 10.9 Å². The number of aromatic nitrogens is 4. The van der Waals surface area contributed by atoms with E-state index in [0.29, 0.717) is 6.54 Å². The van der Waals surface area contributed by atoms with Crippen LogP contribution in [0.5, 0.6) is 0 Å². The van der Waals surface area contributed by atoms with Gasteiger partial charge in [-0.2, -0.15) is 5.10 Å². The van der Waals surface area contributed by atoms with E-state index in [0.717, 1.165) is 18.8 Å². The Hall–Kier alpha value is -2.14. The lowest BCUT2D eigenvalue weighted by atomic mass is 10.1. The average molecular weight is 255 g/mol. The van der Waals surface area contributed by atoms with Gasteiger partial charge in [-0.25, -0.2) is 4.98 Å². The Bertz CT molecular complexity index is 695. The topological polar surface area (TPSA) is 61.7 Å². The molecule has 2 N–H and O–H groups in total. The predicted octanol–water partition coefficient (Wildman–Crippen LogP) is 1.32. The Morgan fingerprint density at radius 3 is 2.89 bits per heavy atom. The largest absolute Gasteiger partial charge is 0.340 e. The van der Waals surface area contributed by atoms with Crippen LogP contribution in [0.4, 0.5) is 0 Å². The van der Waals surface area contributed by atoms with Gasteiger partial charge in [-0.1, -0.05) is 12.1 Å². The van der Waals surface area contributed by atoms with Gasteiger partial charge >= 0.3 is 0 Å². The lowest BCUT2D eigenvalue weighted by Crippen LogP contribution is -2.06. The number of benzene rings is 1. The first-order valence-corrected chi connectivity index (χ1v) is 6.38. The van der Waals surface area contributed by atoms with Crippen molar-refractivity contribution in [2.24, 2.45) is 12.8 Å². The van der Waals surface area contributed by atoms with Crippen LogP contribution >= 0.6 is 0 Å². The summed E-state index contributed by atoms with van der Waals surface area (Å²) in [7, 11) is 1.91. The third-order valence-corrected chi connectivity index (χ3v) is 3.39. The van der Waals surface area contributed by atoms with Gasteiger partial charge in [0.2, 0.25) is 0 Å². The van der Waals surface area contributed by atoms with E-state index in [2.05, 4.69) is 45.1 Å². The van der Waals surface area contributed by atoms with Crippen LogP contribution in [0.15, 0.2) is 36.8 Å². The summed E-state index contributed by atoms with van der Waals surface area (Å²) in [6.45, 7) is 1.40. The van der Waals surface area contributed by atoms with E-state index >= 15 is 0 Å². The normalized spacial score (nSPS) is 11.3. The molecule has 0 aliphatic heterocycles. The first-order valence-electron chi connectivity index (χ1n) is 6.38. The molecular formula is C14H17N5. The fourth-order valence-electron chi connectivity index (χ4n) is 2.31.